The Kier molecular flexibility index (Phi) is 8.29. The summed E-state index contributed by atoms with van der Waals surface area (Å²) in [6.07, 6.45) is 0.712. The first-order valence-corrected chi connectivity index (χ1v) is 12.5. The van der Waals surface area contributed by atoms with Gasteiger partial charge in [0.25, 0.3) is 0 Å². The molecule has 3 rings (SSSR count). The van der Waals surface area contributed by atoms with Gasteiger partial charge in [-0.3, -0.25) is 4.79 Å². The van der Waals surface area contributed by atoms with Crippen LogP contribution >= 0.6 is 16.3 Å². The summed E-state index contributed by atoms with van der Waals surface area (Å²) in [5, 5.41) is 3.22. The van der Waals surface area contributed by atoms with Crippen LogP contribution in [0.1, 0.15) is 20.8 Å². The topological polar surface area (TPSA) is 52.6 Å². The molecule has 0 saturated heterocycles. The molecular formula is C24H28O4P2. The van der Waals surface area contributed by atoms with Crippen LogP contribution in [-0.2, 0) is 18.6 Å². The van der Waals surface area contributed by atoms with E-state index in [0.717, 1.165) is 15.9 Å². The van der Waals surface area contributed by atoms with Crippen molar-refractivity contribution in [2.75, 3.05) is 6.16 Å². The maximum absolute atomic E-state index is 12.4. The maximum atomic E-state index is 12.4. The van der Waals surface area contributed by atoms with Crippen LogP contribution < -0.4 is 15.9 Å². The van der Waals surface area contributed by atoms with E-state index in [-0.39, 0.29) is 11.9 Å². The molecule has 0 heterocycles. The van der Waals surface area contributed by atoms with Gasteiger partial charge in [-0.1, -0.05) is 0 Å². The van der Waals surface area contributed by atoms with E-state index < -0.39 is 6.83 Å². The molecule has 3 aromatic carbocycles. The SMILES string of the molecule is CC(=O)OP.CCP(OC(C)=O)(c1ccccc1)(c1ccccc1)c1ccccc1. The molecule has 1 unspecified atom stereocenters. The second-order valence-corrected chi connectivity index (χ2v) is 11.8. The van der Waals surface area contributed by atoms with E-state index in [1.165, 1.54) is 13.8 Å². The minimum absolute atomic E-state index is 0.254. The Bertz CT molecular complexity index is 861. The van der Waals surface area contributed by atoms with Crippen LogP contribution in [0.25, 0.3) is 0 Å². The molecule has 0 spiro atoms. The Morgan fingerprint density at radius 2 is 1.00 bits per heavy atom. The molecule has 0 N–H and O–H groups in total. The third-order valence-corrected chi connectivity index (χ3v) is 11.4. The van der Waals surface area contributed by atoms with Crippen molar-refractivity contribution in [1.82, 2.24) is 0 Å². The number of hydrogen-bond donors (Lipinski definition) is 0. The zero-order valence-corrected chi connectivity index (χ0v) is 19.6. The van der Waals surface area contributed by atoms with Crippen molar-refractivity contribution in [2.24, 2.45) is 0 Å². The average molecular weight is 442 g/mol. The van der Waals surface area contributed by atoms with E-state index >= 15 is 0 Å². The second-order valence-electron chi connectivity index (χ2n) is 6.73. The van der Waals surface area contributed by atoms with Gasteiger partial charge in [-0.15, -0.1) is 0 Å². The molecule has 0 saturated carbocycles. The van der Waals surface area contributed by atoms with Crippen LogP contribution in [0.15, 0.2) is 91.0 Å². The van der Waals surface area contributed by atoms with E-state index in [4.69, 9.17) is 4.52 Å². The molecule has 4 nitrogen and oxygen atoms in total. The first-order chi connectivity index (χ1) is 14.4. The van der Waals surface area contributed by atoms with Crippen LogP contribution in [0.4, 0.5) is 0 Å². The van der Waals surface area contributed by atoms with Gasteiger partial charge in [0.15, 0.2) is 0 Å². The fourth-order valence-electron chi connectivity index (χ4n) is 3.73. The molecule has 0 bridgehead atoms. The summed E-state index contributed by atoms with van der Waals surface area (Å²) < 4.78 is 10.5. The van der Waals surface area contributed by atoms with Gasteiger partial charge < -0.3 is 4.52 Å². The van der Waals surface area contributed by atoms with Gasteiger partial charge in [0, 0.05) is 6.92 Å². The monoisotopic (exact) mass is 442 g/mol. The zero-order valence-electron chi connectivity index (χ0n) is 17.5. The Labute approximate surface area is 180 Å². The molecule has 0 fully saturated rings. The first kappa shape index (κ1) is 23.7. The van der Waals surface area contributed by atoms with Gasteiger partial charge in [-0.05, 0) is 0 Å². The summed E-state index contributed by atoms with van der Waals surface area (Å²) in [7, 11) is 1.84. The number of carbonyl (C=O) groups excluding carboxylic acids is 2. The minimum atomic E-state index is -3.37. The summed E-state index contributed by atoms with van der Waals surface area (Å²) >= 11 is 0. The standard InChI is InChI=1S/C22H23O2P.C2H5O2P/c1-3-25(24-19(2)23,20-13-7-4-8-14-20,21-15-9-5-10-16-21)22-17-11-6-12-18-22;1-2(3)4-5/h4-18H,3H2,1-2H3;5H2,1H3. The number of hydrogen-bond acceptors (Lipinski definition) is 4. The molecule has 3 aromatic rings. The molecule has 158 valence electrons. The Balaban J connectivity index is 0.000000575. The molecule has 0 aliphatic rings. The number of carbonyl (C=O) groups is 2. The quantitative estimate of drug-likeness (QED) is 0.552. The third kappa shape index (κ3) is 4.61. The molecule has 0 amide bonds. The van der Waals surface area contributed by atoms with Crippen molar-refractivity contribution in [2.45, 2.75) is 20.8 Å². The van der Waals surface area contributed by atoms with Crippen molar-refractivity contribution in [3.8, 4) is 0 Å². The van der Waals surface area contributed by atoms with Gasteiger partial charge in [-0.2, -0.15) is 0 Å². The molecule has 6 heteroatoms. The van der Waals surface area contributed by atoms with Crippen LogP contribution in [0.3, 0.4) is 0 Å². The van der Waals surface area contributed by atoms with E-state index in [2.05, 4.69) is 47.8 Å². The van der Waals surface area contributed by atoms with Gasteiger partial charge in [0.2, 0.25) is 0 Å². The van der Waals surface area contributed by atoms with Gasteiger partial charge in [0.05, 0.1) is 9.47 Å². The van der Waals surface area contributed by atoms with Gasteiger partial charge >= 0.3 is 155 Å². The van der Waals surface area contributed by atoms with Crippen LogP contribution in [0.5, 0.6) is 0 Å². The Morgan fingerprint density at radius 1 is 0.700 bits per heavy atom. The van der Waals surface area contributed by atoms with Crippen molar-refractivity contribution in [1.29, 1.82) is 0 Å². The van der Waals surface area contributed by atoms with Crippen molar-refractivity contribution < 1.29 is 18.6 Å². The summed E-state index contributed by atoms with van der Waals surface area (Å²) in [5.41, 5.74) is 0. The van der Waals surface area contributed by atoms with E-state index in [9.17, 15) is 9.59 Å². The normalized spacial score (nSPS) is 11.8. The molecular weight excluding hydrogens is 414 g/mol. The average Bonchev–Trinajstić information content (AvgIpc) is 2.79. The Morgan fingerprint density at radius 3 is 1.20 bits per heavy atom. The fourth-order valence-corrected chi connectivity index (χ4v) is 9.14. The fraction of sp³-hybridized carbons (Fsp3) is 0.167. The van der Waals surface area contributed by atoms with Gasteiger partial charge in [-0.25, -0.2) is 0 Å². The van der Waals surface area contributed by atoms with Crippen molar-refractivity contribution in [3.05, 3.63) is 91.0 Å². The summed E-state index contributed by atoms with van der Waals surface area (Å²) in [6.45, 7) is 1.59. The summed E-state index contributed by atoms with van der Waals surface area (Å²) in [5.74, 6) is -0.536. The molecule has 0 radical (unpaired) electrons. The number of benzene rings is 3. The second kappa shape index (κ2) is 10.5. The summed E-state index contributed by atoms with van der Waals surface area (Å²) in [6, 6.07) is 30.6. The van der Waals surface area contributed by atoms with E-state index in [1.54, 1.807) is 0 Å². The van der Waals surface area contributed by atoms with E-state index in [0.29, 0.717) is 6.16 Å². The van der Waals surface area contributed by atoms with Crippen LogP contribution in [0.2, 0.25) is 0 Å². The van der Waals surface area contributed by atoms with Crippen molar-refractivity contribution in [3.63, 3.8) is 0 Å². The third-order valence-electron chi connectivity index (χ3n) is 5.01. The molecule has 30 heavy (non-hydrogen) atoms. The zero-order chi connectivity index (χ0) is 22.1. The van der Waals surface area contributed by atoms with Crippen LogP contribution in [0, 0.1) is 0 Å². The number of rotatable bonds is 5. The van der Waals surface area contributed by atoms with E-state index in [1.807, 2.05) is 64.1 Å². The molecule has 0 aliphatic heterocycles. The molecule has 0 aliphatic carbocycles. The molecule has 1 atom stereocenters. The predicted octanol–water partition coefficient (Wildman–Crippen LogP) is 4.35. The van der Waals surface area contributed by atoms with Crippen molar-refractivity contribution >= 4 is 44.1 Å². The van der Waals surface area contributed by atoms with Gasteiger partial charge in [0.1, 0.15) is 0 Å². The predicted molar refractivity (Wildman–Crippen MR) is 129 cm³/mol. The Hall–Kier alpha value is -2.54. The molecule has 0 aromatic heterocycles. The van der Waals surface area contributed by atoms with Crippen LogP contribution in [-0.4, -0.2) is 18.1 Å². The first-order valence-electron chi connectivity index (χ1n) is 9.66. The summed E-state index contributed by atoms with van der Waals surface area (Å²) in [4.78, 5) is 21.9.